The van der Waals surface area contributed by atoms with Crippen molar-refractivity contribution in [1.29, 1.82) is 0 Å². The Balaban J connectivity index is 2.21. The van der Waals surface area contributed by atoms with Crippen LogP contribution in [-0.4, -0.2) is 103 Å². The second kappa shape index (κ2) is 9.73. The first kappa shape index (κ1) is 21.9. The molecule has 15 heteroatoms. The van der Waals surface area contributed by atoms with Crippen molar-refractivity contribution >= 4 is 11.8 Å². The smallest absolute Gasteiger partial charge is 0.132 e. The molecule has 2 rings (SSSR count). The van der Waals surface area contributed by atoms with Crippen LogP contribution in [0.15, 0.2) is 10.2 Å². The van der Waals surface area contributed by atoms with E-state index in [9.17, 15) is 30.6 Å². The number of nitrogens with zero attached hydrogens (tertiary/aromatic N) is 6. The molecule has 0 radical (unpaired) electrons. The SMILES string of the molecule is [N-]=[N+]=NC1C(O)[C@@H](CO)OC(S[C@@H]2OC(CO)[C@H](O)[C@H](N=[N+]=[N-])C2O)[C@@H]1O. The van der Waals surface area contributed by atoms with Gasteiger partial charge in [-0.3, -0.25) is 0 Å². The van der Waals surface area contributed by atoms with Gasteiger partial charge in [0.25, 0.3) is 0 Å². The highest BCUT2D eigenvalue weighted by molar-refractivity contribution is 8.00. The Morgan fingerprint density at radius 3 is 1.41 bits per heavy atom. The molecule has 27 heavy (non-hydrogen) atoms. The van der Waals surface area contributed by atoms with Crippen LogP contribution in [0, 0.1) is 0 Å². The van der Waals surface area contributed by atoms with Crippen molar-refractivity contribution in [3.63, 3.8) is 0 Å². The molecule has 0 aromatic rings. The van der Waals surface area contributed by atoms with Gasteiger partial charge in [0, 0.05) is 9.82 Å². The molecule has 0 aromatic heterocycles. The average molecular weight is 408 g/mol. The van der Waals surface area contributed by atoms with E-state index in [4.69, 9.17) is 20.5 Å². The summed E-state index contributed by atoms with van der Waals surface area (Å²) in [6, 6.07) is -2.66. The molecular weight excluding hydrogens is 388 g/mol. The van der Waals surface area contributed by atoms with Crippen molar-refractivity contribution < 1.29 is 40.1 Å². The van der Waals surface area contributed by atoms with Crippen LogP contribution in [0.2, 0.25) is 0 Å². The van der Waals surface area contributed by atoms with E-state index in [1.54, 1.807) is 0 Å². The van der Waals surface area contributed by atoms with Crippen LogP contribution >= 0.6 is 11.8 Å². The van der Waals surface area contributed by atoms with Crippen LogP contribution in [0.1, 0.15) is 0 Å². The molecule has 0 aromatic carbocycles. The van der Waals surface area contributed by atoms with E-state index in [1.807, 2.05) is 0 Å². The summed E-state index contributed by atoms with van der Waals surface area (Å²) in [5.74, 6) is 0. The third-order valence-corrected chi connectivity index (χ3v) is 5.65. The summed E-state index contributed by atoms with van der Waals surface area (Å²) in [6.07, 6.45) is -8.30. The first-order valence-corrected chi connectivity index (χ1v) is 8.82. The van der Waals surface area contributed by atoms with Crippen molar-refractivity contribution in [1.82, 2.24) is 0 Å². The minimum Gasteiger partial charge on any atom is -0.394 e. The van der Waals surface area contributed by atoms with Gasteiger partial charge >= 0.3 is 0 Å². The number of ether oxygens (including phenoxy) is 2. The van der Waals surface area contributed by atoms with Crippen molar-refractivity contribution in [3.05, 3.63) is 20.9 Å². The van der Waals surface area contributed by atoms with Gasteiger partial charge in [0.2, 0.25) is 0 Å². The van der Waals surface area contributed by atoms with Gasteiger partial charge in [0.05, 0.1) is 37.5 Å². The molecule has 2 aliphatic heterocycles. The van der Waals surface area contributed by atoms with E-state index in [-0.39, 0.29) is 0 Å². The van der Waals surface area contributed by atoms with E-state index in [2.05, 4.69) is 20.1 Å². The Hall–Kier alpha value is -1.35. The average Bonchev–Trinajstić information content (AvgIpc) is 2.66. The summed E-state index contributed by atoms with van der Waals surface area (Å²) in [5.41, 5.74) is 14.8. The Morgan fingerprint density at radius 1 is 0.741 bits per heavy atom. The lowest BCUT2D eigenvalue weighted by molar-refractivity contribution is -0.170. The van der Waals surface area contributed by atoms with E-state index < -0.39 is 72.8 Å². The molecule has 2 saturated heterocycles. The number of thioether (sulfide) groups is 1. The molecule has 0 bridgehead atoms. The molecule has 6 N–H and O–H groups in total. The molecule has 0 saturated carbocycles. The number of hydrogen-bond acceptors (Lipinski definition) is 11. The van der Waals surface area contributed by atoms with Crippen molar-refractivity contribution in [2.45, 2.75) is 59.6 Å². The summed E-state index contributed by atoms with van der Waals surface area (Å²) >= 11 is 0.704. The van der Waals surface area contributed by atoms with Gasteiger partial charge in [-0.25, -0.2) is 0 Å². The Kier molecular flexibility index (Phi) is 7.91. The van der Waals surface area contributed by atoms with Crippen LogP contribution in [0.5, 0.6) is 0 Å². The standard InChI is InChI=1S/C12H20N6O8S/c13-17-15-5-7(21)3(1-19)25-11(9(5)23)27-12-10(24)6(16-18-14)8(22)4(2-20)26-12/h3-12,19-24H,1-2H2/t3-,4?,5?,6+,7?,8+,9-,10?,11?,12+/m1/s1. The molecular formula is C12H20N6O8S. The fourth-order valence-corrected chi connectivity index (χ4v) is 4.21. The molecule has 0 aliphatic carbocycles. The van der Waals surface area contributed by atoms with Crippen LogP contribution < -0.4 is 0 Å². The topological polar surface area (TPSA) is 237 Å². The number of aliphatic hydroxyl groups is 6. The number of hydrogen-bond donors (Lipinski definition) is 6. The van der Waals surface area contributed by atoms with Gasteiger partial charge < -0.3 is 40.1 Å². The van der Waals surface area contributed by atoms with Crippen LogP contribution in [0.3, 0.4) is 0 Å². The molecule has 10 atom stereocenters. The van der Waals surface area contributed by atoms with Gasteiger partial charge in [0.15, 0.2) is 0 Å². The fourth-order valence-electron chi connectivity index (χ4n) is 2.88. The largest absolute Gasteiger partial charge is 0.394 e. The van der Waals surface area contributed by atoms with E-state index in [0.717, 1.165) is 0 Å². The van der Waals surface area contributed by atoms with Crippen molar-refractivity contribution in [2.75, 3.05) is 13.2 Å². The summed E-state index contributed by atoms with van der Waals surface area (Å²) < 4.78 is 10.8. The molecule has 0 amide bonds. The Labute approximate surface area is 156 Å². The second-order valence-electron chi connectivity index (χ2n) is 5.94. The fraction of sp³-hybridized carbons (Fsp3) is 1.00. The highest BCUT2D eigenvalue weighted by Crippen LogP contribution is 2.37. The van der Waals surface area contributed by atoms with Crippen LogP contribution in [-0.2, 0) is 9.47 Å². The van der Waals surface area contributed by atoms with E-state index in [0.29, 0.717) is 11.8 Å². The Bertz CT molecular complexity index is 554. The summed E-state index contributed by atoms with van der Waals surface area (Å²) in [6.45, 7) is -1.26. The minimum atomic E-state index is -1.52. The zero-order valence-corrected chi connectivity index (χ0v) is 14.6. The third kappa shape index (κ3) is 4.56. The number of rotatable bonds is 6. The van der Waals surface area contributed by atoms with Gasteiger partial charge in [-0.05, 0) is 11.1 Å². The maximum absolute atomic E-state index is 10.3. The van der Waals surface area contributed by atoms with Gasteiger partial charge in [-0.1, -0.05) is 22.0 Å². The first-order chi connectivity index (χ1) is 12.9. The predicted molar refractivity (Wildman–Crippen MR) is 89.0 cm³/mol. The summed E-state index contributed by atoms with van der Waals surface area (Å²) in [5, 5.41) is 66.0. The Morgan fingerprint density at radius 2 is 1.11 bits per heavy atom. The highest BCUT2D eigenvalue weighted by atomic mass is 32.2. The lowest BCUT2D eigenvalue weighted by Gasteiger charge is -2.44. The van der Waals surface area contributed by atoms with Gasteiger partial charge in [-0.2, -0.15) is 0 Å². The second-order valence-corrected chi connectivity index (χ2v) is 7.14. The third-order valence-electron chi connectivity index (χ3n) is 4.34. The quantitative estimate of drug-likeness (QED) is 0.161. The molecule has 152 valence electrons. The molecule has 2 heterocycles. The van der Waals surface area contributed by atoms with E-state index >= 15 is 0 Å². The monoisotopic (exact) mass is 408 g/mol. The molecule has 5 unspecified atom stereocenters. The normalized spacial score (nSPS) is 44.8. The first-order valence-electron chi connectivity index (χ1n) is 7.88. The zero-order chi connectivity index (χ0) is 20.1. The maximum Gasteiger partial charge on any atom is 0.132 e. The van der Waals surface area contributed by atoms with Crippen molar-refractivity contribution in [3.8, 4) is 0 Å². The molecule has 2 aliphatic rings. The highest BCUT2D eigenvalue weighted by Gasteiger charge is 2.49. The maximum atomic E-state index is 10.3. The molecule has 2 fully saturated rings. The van der Waals surface area contributed by atoms with E-state index in [1.165, 1.54) is 0 Å². The zero-order valence-electron chi connectivity index (χ0n) is 13.8. The lowest BCUT2D eigenvalue weighted by atomic mass is 9.98. The molecule has 14 nitrogen and oxygen atoms in total. The van der Waals surface area contributed by atoms with Gasteiger partial charge in [-0.15, -0.1) is 0 Å². The van der Waals surface area contributed by atoms with Crippen molar-refractivity contribution in [2.24, 2.45) is 10.2 Å². The van der Waals surface area contributed by atoms with Crippen LogP contribution in [0.4, 0.5) is 0 Å². The summed E-state index contributed by atoms with van der Waals surface area (Å²) in [7, 11) is 0. The minimum absolute atomic E-state index is 0.629. The number of aliphatic hydroxyl groups excluding tert-OH is 6. The lowest BCUT2D eigenvalue weighted by Crippen LogP contribution is -2.60. The number of azide groups is 2. The van der Waals surface area contributed by atoms with Crippen LogP contribution in [0.25, 0.3) is 20.9 Å². The van der Waals surface area contributed by atoms with Gasteiger partial charge in [0.1, 0.15) is 35.3 Å². The molecule has 0 spiro atoms. The summed E-state index contributed by atoms with van der Waals surface area (Å²) in [4.78, 5) is 5.11. The predicted octanol–water partition coefficient (Wildman–Crippen LogP) is -2.04.